The molecule has 0 atom stereocenters. The van der Waals surface area contributed by atoms with E-state index in [-0.39, 0.29) is 30.4 Å². The SMILES string of the molecule is CC(C)N(C(=O)Cn1c(CCNC(=O)Cc2ccc(Cl)cc2)nc2ccccc21)C(C)C. The van der Waals surface area contributed by atoms with Crippen molar-refractivity contribution in [3.63, 3.8) is 0 Å². The van der Waals surface area contributed by atoms with E-state index in [4.69, 9.17) is 16.6 Å². The number of para-hydroxylation sites is 2. The van der Waals surface area contributed by atoms with Gasteiger partial charge in [0.1, 0.15) is 12.4 Å². The molecule has 0 aliphatic carbocycles. The first kappa shape index (κ1) is 23.8. The number of carbonyl (C=O) groups is 2. The van der Waals surface area contributed by atoms with Crippen LogP contribution in [0, 0.1) is 0 Å². The second kappa shape index (κ2) is 10.6. The summed E-state index contributed by atoms with van der Waals surface area (Å²) in [6, 6.07) is 15.3. The Morgan fingerprint density at radius 1 is 1.03 bits per heavy atom. The van der Waals surface area contributed by atoms with Gasteiger partial charge in [0.2, 0.25) is 11.8 Å². The average molecular weight is 455 g/mol. The Balaban J connectivity index is 1.70. The number of carbonyl (C=O) groups excluding carboxylic acids is 2. The van der Waals surface area contributed by atoms with Gasteiger partial charge in [0, 0.05) is 30.1 Å². The average Bonchev–Trinajstić information content (AvgIpc) is 3.06. The van der Waals surface area contributed by atoms with E-state index < -0.39 is 0 Å². The van der Waals surface area contributed by atoms with Crippen molar-refractivity contribution in [1.29, 1.82) is 0 Å². The molecule has 6 nitrogen and oxygen atoms in total. The van der Waals surface area contributed by atoms with E-state index in [1.807, 2.05) is 73.6 Å². The Kier molecular flexibility index (Phi) is 7.91. The van der Waals surface area contributed by atoms with Crippen LogP contribution in [0.2, 0.25) is 5.02 Å². The Labute approximate surface area is 194 Å². The molecule has 0 aliphatic heterocycles. The molecule has 0 spiro atoms. The molecule has 0 aliphatic rings. The lowest BCUT2D eigenvalue weighted by Crippen LogP contribution is -2.43. The highest BCUT2D eigenvalue weighted by atomic mass is 35.5. The predicted octanol–water partition coefficient (Wildman–Crippen LogP) is 4.24. The third-order valence-corrected chi connectivity index (χ3v) is 5.63. The molecule has 1 heterocycles. The minimum atomic E-state index is -0.0585. The maximum Gasteiger partial charge on any atom is 0.243 e. The number of hydrogen-bond donors (Lipinski definition) is 1. The van der Waals surface area contributed by atoms with Gasteiger partial charge >= 0.3 is 0 Å². The lowest BCUT2D eigenvalue weighted by atomic mass is 10.1. The molecule has 0 unspecified atom stereocenters. The van der Waals surface area contributed by atoms with Gasteiger partial charge in [-0.05, 0) is 57.5 Å². The Hall–Kier alpha value is -2.86. The Morgan fingerprint density at radius 3 is 2.34 bits per heavy atom. The van der Waals surface area contributed by atoms with E-state index in [1.165, 1.54) is 0 Å². The zero-order valence-electron chi connectivity index (χ0n) is 19.1. The van der Waals surface area contributed by atoms with Gasteiger partial charge < -0.3 is 14.8 Å². The topological polar surface area (TPSA) is 67.2 Å². The molecule has 2 amide bonds. The van der Waals surface area contributed by atoms with E-state index in [2.05, 4.69) is 5.32 Å². The van der Waals surface area contributed by atoms with Gasteiger partial charge in [-0.3, -0.25) is 9.59 Å². The summed E-state index contributed by atoms with van der Waals surface area (Å²) in [5.74, 6) is 0.793. The van der Waals surface area contributed by atoms with E-state index >= 15 is 0 Å². The van der Waals surface area contributed by atoms with Crippen molar-refractivity contribution in [2.24, 2.45) is 0 Å². The molecule has 1 N–H and O–H groups in total. The second-order valence-corrected chi connectivity index (χ2v) is 8.93. The molecule has 0 radical (unpaired) electrons. The number of nitrogens with one attached hydrogen (secondary N) is 1. The van der Waals surface area contributed by atoms with E-state index in [0.29, 0.717) is 24.4 Å². The first-order valence-corrected chi connectivity index (χ1v) is 11.4. The highest BCUT2D eigenvalue weighted by Crippen LogP contribution is 2.18. The number of halogens is 1. The lowest BCUT2D eigenvalue weighted by molar-refractivity contribution is -0.135. The minimum absolute atomic E-state index is 0.0585. The minimum Gasteiger partial charge on any atom is -0.355 e. The van der Waals surface area contributed by atoms with Crippen molar-refractivity contribution < 1.29 is 9.59 Å². The smallest absolute Gasteiger partial charge is 0.243 e. The van der Waals surface area contributed by atoms with Crippen LogP contribution < -0.4 is 5.32 Å². The summed E-state index contributed by atoms with van der Waals surface area (Å²) in [6.07, 6.45) is 0.835. The van der Waals surface area contributed by atoms with Crippen LogP contribution in [0.3, 0.4) is 0 Å². The van der Waals surface area contributed by atoms with Gasteiger partial charge in [0.25, 0.3) is 0 Å². The van der Waals surface area contributed by atoms with E-state index in [9.17, 15) is 9.59 Å². The van der Waals surface area contributed by atoms with Gasteiger partial charge in [-0.25, -0.2) is 4.98 Å². The molecular formula is C25H31ClN4O2. The van der Waals surface area contributed by atoms with Crippen LogP contribution in [0.15, 0.2) is 48.5 Å². The van der Waals surface area contributed by atoms with Crippen molar-refractivity contribution in [1.82, 2.24) is 19.8 Å². The molecule has 7 heteroatoms. The summed E-state index contributed by atoms with van der Waals surface area (Å²) in [5, 5.41) is 3.61. The maximum atomic E-state index is 13.1. The van der Waals surface area contributed by atoms with Crippen molar-refractivity contribution in [2.75, 3.05) is 6.54 Å². The summed E-state index contributed by atoms with van der Waals surface area (Å²) < 4.78 is 1.97. The molecule has 0 saturated heterocycles. The van der Waals surface area contributed by atoms with Crippen molar-refractivity contribution in [3.8, 4) is 0 Å². The van der Waals surface area contributed by atoms with E-state index in [1.54, 1.807) is 12.1 Å². The number of rotatable bonds is 9. The van der Waals surface area contributed by atoms with Gasteiger partial charge in [-0.2, -0.15) is 0 Å². The zero-order valence-corrected chi connectivity index (χ0v) is 19.9. The maximum absolute atomic E-state index is 13.1. The van der Waals surface area contributed by atoms with Crippen LogP contribution in [0.1, 0.15) is 39.1 Å². The van der Waals surface area contributed by atoms with Crippen molar-refractivity contribution >= 4 is 34.4 Å². The molecule has 3 aromatic rings. The normalized spacial score (nSPS) is 11.3. The quantitative estimate of drug-likeness (QED) is 0.526. The number of benzene rings is 2. The number of aromatic nitrogens is 2. The largest absolute Gasteiger partial charge is 0.355 e. The van der Waals surface area contributed by atoms with Crippen LogP contribution in [0.5, 0.6) is 0 Å². The molecule has 0 saturated carbocycles. The molecule has 2 aromatic carbocycles. The Bertz CT molecular complexity index is 1070. The fraction of sp³-hybridized carbons (Fsp3) is 0.400. The van der Waals surface area contributed by atoms with Crippen LogP contribution in [-0.4, -0.2) is 44.9 Å². The van der Waals surface area contributed by atoms with Crippen molar-refractivity contribution in [2.45, 2.75) is 59.2 Å². The van der Waals surface area contributed by atoms with Crippen LogP contribution in [0.25, 0.3) is 11.0 Å². The predicted molar refractivity (Wildman–Crippen MR) is 129 cm³/mol. The molecule has 3 rings (SSSR count). The summed E-state index contributed by atoms with van der Waals surface area (Å²) in [7, 11) is 0. The fourth-order valence-electron chi connectivity index (χ4n) is 4.05. The number of fused-ring (bicyclic) bond motifs is 1. The molecule has 1 aromatic heterocycles. The van der Waals surface area contributed by atoms with Gasteiger partial charge in [-0.15, -0.1) is 0 Å². The molecule has 32 heavy (non-hydrogen) atoms. The monoisotopic (exact) mass is 454 g/mol. The van der Waals surface area contributed by atoms with Crippen LogP contribution in [-0.2, 0) is 29.0 Å². The highest BCUT2D eigenvalue weighted by Gasteiger charge is 2.22. The number of amides is 2. The standard InChI is InChI=1S/C25H31ClN4O2/c1-17(2)30(18(3)4)25(32)16-29-22-8-6-5-7-21(22)28-23(29)13-14-27-24(31)15-19-9-11-20(26)12-10-19/h5-12,17-18H,13-16H2,1-4H3,(H,27,31). The molecule has 0 fully saturated rings. The fourth-order valence-corrected chi connectivity index (χ4v) is 4.17. The Morgan fingerprint density at radius 2 is 1.69 bits per heavy atom. The zero-order chi connectivity index (χ0) is 23.3. The second-order valence-electron chi connectivity index (χ2n) is 8.49. The summed E-state index contributed by atoms with van der Waals surface area (Å²) in [5.41, 5.74) is 2.69. The van der Waals surface area contributed by atoms with E-state index in [0.717, 1.165) is 22.4 Å². The van der Waals surface area contributed by atoms with Gasteiger partial charge in [0.15, 0.2) is 0 Å². The third-order valence-electron chi connectivity index (χ3n) is 5.38. The van der Waals surface area contributed by atoms with Crippen LogP contribution in [0.4, 0.5) is 0 Å². The third kappa shape index (κ3) is 5.88. The molecular weight excluding hydrogens is 424 g/mol. The molecule has 170 valence electrons. The first-order valence-electron chi connectivity index (χ1n) is 11.0. The van der Waals surface area contributed by atoms with Gasteiger partial charge in [-0.1, -0.05) is 35.9 Å². The number of nitrogens with zero attached hydrogens (tertiary/aromatic N) is 3. The lowest BCUT2D eigenvalue weighted by Gasteiger charge is -2.31. The van der Waals surface area contributed by atoms with Crippen molar-refractivity contribution in [3.05, 3.63) is 64.9 Å². The summed E-state index contributed by atoms with van der Waals surface area (Å²) in [4.78, 5) is 32.1. The van der Waals surface area contributed by atoms with Crippen LogP contribution >= 0.6 is 11.6 Å². The molecule has 0 bridgehead atoms. The number of hydrogen-bond acceptors (Lipinski definition) is 3. The van der Waals surface area contributed by atoms with Gasteiger partial charge in [0.05, 0.1) is 17.5 Å². The first-order chi connectivity index (χ1) is 15.3. The summed E-state index contributed by atoms with van der Waals surface area (Å²) >= 11 is 5.90. The number of imidazole rings is 1. The summed E-state index contributed by atoms with van der Waals surface area (Å²) in [6.45, 7) is 8.79. The highest BCUT2D eigenvalue weighted by molar-refractivity contribution is 6.30.